The van der Waals surface area contributed by atoms with Crippen LogP contribution in [0.5, 0.6) is 5.88 Å². The topological polar surface area (TPSA) is 78.3 Å². The van der Waals surface area contributed by atoms with E-state index in [0.717, 1.165) is 26.1 Å². The number of hydrogen-bond donors (Lipinski definition) is 2. The first-order valence-electron chi connectivity index (χ1n) is 6.34. The fraction of sp³-hybridized carbons (Fsp3) is 0.667. The molecule has 18 heavy (non-hydrogen) atoms. The normalized spacial score (nSPS) is 16.3. The van der Waals surface area contributed by atoms with Gasteiger partial charge in [0.05, 0.1) is 5.56 Å². The van der Waals surface area contributed by atoms with Crippen LogP contribution in [0.25, 0.3) is 0 Å². The minimum Gasteiger partial charge on any atom is -0.494 e. The summed E-state index contributed by atoms with van der Waals surface area (Å²) in [5.41, 5.74) is -0.867. The Labute approximate surface area is 105 Å². The van der Waals surface area contributed by atoms with Gasteiger partial charge in [0.2, 0.25) is 5.88 Å². The molecule has 2 rings (SSSR count). The minimum atomic E-state index is -0.537. The Morgan fingerprint density at radius 1 is 1.22 bits per heavy atom. The van der Waals surface area contributed by atoms with E-state index in [0.29, 0.717) is 6.54 Å². The first-order chi connectivity index (χ1) is 8.59. The van der Waals surface area contributed by atoms with Gasteiger partial charge in [0, 0.05) is 6.54 Å². The Morgan fingerprint density at radius 2 is 1.89 bits per heavy atom. The van der Waals surface area contributed by atoms with Crippen molar-refractivity contribution < 1.29 is 5.11 Å². The molecule has 0 unspecified atom stereocenters. The highest BCUT2D eigenvalue weighted by Crippen LogP contribution is 2.10. The zero-order valence-corrected chi connectivity index (χ0v) is 10.6. The van der Waals surface area contributed by atoms with Crippen molar-refractivity contribution in [3.8, 4) is 5.88 Å². The lowest BCUT2D eigenvalue weighted by atomic mass is 10.3. The molecule has 0 saturated carbocycles. The molecule has 1 aliphatic heterocycles. The fourth-order valence-corrected chi connectivity index (χ4v) is 2.32. The first kappa shape index (κ1) is 12.9. The van der Waals surface area contributed by atoms with Crippen LogP contribution in [0.15, 0.2) is 9.59 Å². The Balaban J connectivity index is 2.03. The largest absolute Gasteiger partial charge is 0.494 e. The third-order valence-corrected chi connectivity index (χ3v) is 3.45. The average Bonchev–Trinajstić information content (AvgIpc) is 2.84. The van der Waals surface area contributed by atoms with Crippen molar-refractivity contribution in [3.63, 3.8) is 0 Å². The molecule has 1 fully saturated rings. The van der Waals surface area contributed by atoms with Crippen molar-refractivity contribution in [2.24, 2.45) is 0 Å². The standard InChI is InChI=1S/C12H19N3O3/c1-9-10(16)13-12(18)15(11(9)17)8-4-7-14-5-2-3-6-14/h17H,2-8H2,1H3,(H,13,16,18). The lowest BCUT2D eigenvalue weighted by Gasteiger charge is -2.15. The van der Waals surface area contributed by atoms with Gasteiger partial charge in [-0.3, -0.25) is 14.3 Å². The van der Waals surface area contributed by atoms with E-state index in [9.17, 15) is 14.7 Å². The van der Waals surface area contributed by atoms with E-state index in [1.807, 2.05) is 0 Å². The van der Waals surface area contributed by atoms with Crippen molar-refractivity contribution in [3.05, 3.63) is 26.4 Å². The van der Waals surface area contributed by atoms with Crippen LogP contribution in [-0.4, -0.2) is 39.2 Å². The SMILES string of the molecule is Cc1c(O)n(CCCN2CCCC2)c(=O)[nH]c1=O. The number of aromatic hydroxyl groups is 1. The highest BCUT2D eigenvalue weighted by atomic mass is 16.3. The second kappa shape index (κ2) is 5.39. The Bertz CT molecular complexity index is 526. The van der Waals surface area contributed by atoms with Crippen molar-refractivity contribution in [2.45, 2.75) is 32.7 Å². The molecule has 6 nitrogen and oxygen atoms in total. The van der Waals surface area contributed by atoms with Gasteiger partial charge in [0.25, 0.3) is 5.56 Å². The van der Waals surface area contributed by atoms with Gasteiger partial charge in [-0.15, -0.1) is 0 Å². The summed E-state index contributed by atoms with van der Waals surface area (Å²) in [6, 6.07) is 0. The molecule has 0 aliphatic carbocycles. The molecule has 1 aliphatic rings. The molecule has 0 amide bonds. The highest BCUT2D eigenvalue weighted by Gasteiger charge is 2.13. The van der Waals surface area contributed by atoms with Crippen LogP contribution in [0.2, 0.25) is 0 Å². The highest BCUT2D eigenvalue weighted by molar-refractivity contribution is 5.20. The van der Waals surface area contributed by atoms with Gasteiger partial charge in [-0.05, 0) is 45.8 Å². The van der Waals surface area contributed by atoms with Crippen molar-refractivity contribution >= 4 is 0 Å². The summed E-state index contributed by atoms with van der Waals surface area (Å²) in [7, 11) is 0. The van der Waals surface area contributed by atoms with E-state index in [2.05, 4.69) is 9.88 Å². The van der Waals surface area contributed by atoms with E-state index in [1.54, 1.807) is 0 Å². The van der Waals surface area contributed by atoms with Crippen LogP contribution in [0.4, 0.5) is 0 Å². The maximum atomic E-state index is 11.6. The number of aromatic nitrogens is 2. The van der Waals surface area contributed by atoms with Crippen LogP contribution in [0.1, 0.15) is 24.8 Å². The molecule has 0 spiro atoms. The van der Waals surface area contributed by atoms with Gasteiger partial charge in [-0.25, -0.2) is 4.79 Å². The molecular weight excluding hydrogens is 234 g/mol. The van der Waals surface area contributed by atoms with Gasteiger partial charge in [-0.2, -0.15) is 0 Å². The van der Waals surface area contributed by atoms with Gasteiger partial charge >= 0.3 is 5.69 Å². The molecule has 1 saturated heterocycles. The number of aromatic amines is 1. The number of likely N-dealkylation sites (tertiary alicyclic amines) is 1. The maximum Gasteiger partial charge on any atom is 0.331 e. The number of hydrogen-bond acceptors (Lipinski definition) is 4. The molecule has 1 aromatic rings. The van der Waals surface area contributed by atoms with Crippen molar-refractivity contribution in [1.29, 1.82) is 0 Å². The Morgan fingerprint density at radius 3 is 2.56 bits per heavy atom. The summed E-state index contributed by atoms with van der Waals surface area (Å²) in [6.45, 7) is 5.09. The molecule has 0 atom stereocenters. The molecule has 100 valence electrons. The van der Waals surface area contributed by atoms with Crippen LogP contribution in [-0.2, 0) is 6.54 Å². The van der Waals surface area contributed by atoms with Crippen LogP contribution in [0, 0.1) is 6.92 Å². The lowest BCUT2D eigenvalue weighted by Crippen LogP contribution is -2.32. The zero-order chi connectivity index (χ0) is 13.1. The second-order valence-corrected chi connectivity index (χ2v) is 4.76. The first-order valence-corrected chi connectivity index (χ1v) is 6.34. The van der Waals surface area contributed by atoms with E-state index in [1.165, 1.54) is 24.3 Å². The van der Waals surface area contributed by atoms with E-state index in [4.69, 9.17) is 0 Å². The average molecular weight is 253 g/mol. The zero-order valence-electron chi connectivity index (χ0n) is 10.6. The van der Waals surface area contributed by atoms with Gasteiger partial charge in [0.15, 0.2) is 0 Å². The molecule has 2 heterocycles. The van der Waals surface area contributed by atoms with Crippen molar-refractivity contribution in [1.82, 2.24) is 14.5 Å². The van der Waals surface area contributed by atoms with Gasteiger partial charge in [-0.1, -0.05) is 0 Å². The number of H-pyrrole nitrogens is 1. The van der Waals surface area contributed by atoms with E-state index in [-0.39, 0.29) is 11.4 Å². The monoisotopic (exact) mass is 253 g/mol. The number of nitrogens with zero attached hydrogens (tertiary/aromatic N) is 2. The van der Waals surface area contributed by atoms with Gasteiger partial charge in [0.1, 0.15) is 0 Å². The predicted molar refractivity (Wildman–Crippen MR) is 68.0 cm³/mol. The summed E-state index contributed by atoms with van der Waals surface area (Å²) < 4.78 is 1.23. The van der Waals surface area contributed by atoms with Crippen molar-refractivity contribution in [2.75, 3.05) is 19.6 Å². The fourth-order valence-electron chi connectivity index (χ4n) is 2.32. The quantitative estimate of drug-likeness (QED) is 0.794. The molecule has 1 aromatic heterocycles. The van der Waals surface area contributed by atoms with Crippen LogP contribution in [0.3, 0.4) is 0 Å². The van der Waals surface area contributed by atoms with E-state index >= 15 is 0 Å². The molecule has 6 heteroatoms. The molecule has 0 radical (unpaired) electrons. The number of rotatable bonds is 4. The maximum absolute atomic E-state index is 11.6. The molecule has 2 N–H and O–H groups in total. The third kappa shape index (κ3) is 2.64. The van der Waals surface area contributed by atoms with E-state index < -0.39 is 11.2 Å². The summed E-state index contributed by atoms with van der Waals surface area (Å²) >= 11 is 0. The Kier molecular flexibility index (Phi) is 3.86. The molecular formula is C12H19N3O3. The summed E-state index contributed by atoms with van der Waals surface area (Å²) in [4.78, 5) is 27.4. The number of nitrogens with one attached hydrogen (secondary N) is 1. The second-order valence-electron chi connectivity index (χ2n) is 4.76. The summed E-state index contributed by atoms with van der Waals surface area (Å²) in [6.07, 6.45) is 3.27. The summed E-state index contributed by atoms with van der Waals surface area (Å²) in [5.74, 6) is -0.217. The third-order valence-electron chi connectivity index (χ3n) is 3.45. The van der Waals surface area contributed by atoms with Crippen LogP contribution < -0.4 is 11.2 Å². The Hall–Kier alpha value is -1.56. The molecule has 0 bridgehead atoms. The predicted octanol–water partition coefficient (Wildman–Crippen LogP) is 0.0365. The van der Waals surface area contributed by atoms with Gasteiger partial charge < -0.3 is 10.0 Å². The summed E-state index contributed by atoms with van der Waals surface area (Å²) in [5, 5.41) is 9.78. The minimum absolute atomic E-state index is 0.191. The molecule has 0 aromatic carbocycles. The van der Waals surface area contributed by atoms with Crippen LogP contribution >= 0.6 is 0 Å². The smallest absolute Gasteiger partial charge is 0.331 e. The lowest BCUT2D eigenvalue weighted by molar-refractivity contribution is 0.315.